The molecule has 1 aromatic carbocycles. The van der Waals surface area contributed by atoms with Crippen LogP contribution in [0.25, 0.3) is 0 Å². The quantitative estimate of drug-likeness (QED) is 0.799. The highest BCUT2D eigenvalue weighted by molar-refractivity contribution is 9.10. The Hall–Kier alpha value is -1.37. The highest BCUT2D eigenvalue weighted by Gasteiger charge is 2.10. The summed E-state index contributed by atoms with van der Waals surface area (Å²) in [5.41, 5.74) is 1.91. The summed E-state index contributed by atoms with van der Waals surface area (Å²) in [7, 11) is 0. The minimum Gasteiger partial charge on any atom is -0.491 e. The second-order valence-electron chi connectivity index (χ2n) is 4.86. The fourth-order valence-corrected chi connectivity index (χ4v) is 2.30. The van der Waals surface area contributed by atoms with Gasteiger partial charge in [-0.15, -0.1) is 0 Å². The van der Waals surface area contributed by atoms with Crippen molar-refractivity contribution >= 4 is 15.9 Å². The molecule has 0 saturated heterocycles. The molecule has 1 aromatic heterocycles. The Kier molecular flexibility index (Phi) is 5.78. The minimum atomic E-state index is -0.579. The molecule has 1 atom stereocenters. The van der Waals surface area contributed by atoms with E-state index in [0.29, 0.717) is 13.1 Å². The zero-order valence-electron chi connectivity index (χ0n) is 12.1. The average Bonchev–Trinajstić information content (AvgIpc) is 2.77. The highest BCUT2D eigenvalue weighted by atomic mass is 79.9. The monoisotopic (exact) mass is 354 g/mol. The van der Waals surface area contributed by atoms with Crippen molar-refractivity contribution in [3.63, 3.8) is 0 Å². The lowest BCUT2D eigenvalue weighted by Crippen LogP contribution is -2.31. The van der Waals surface area contributed by atoms with Gasteiger partial charge in [-0.05, 0) is 32.0 Å². The van der Waals surface area contributed by atoms with E-state index >= 15 is 0 Å². The van der Waals surface area contributed by atoms with Gasteiger partial charge in [0.05, 0.1) is 5.69 Å². The molecule has 0 fully saturated rings. The van der Waals surface area contributed by atoms with Crippen molar-refractivity contribution in [1.29, 1.82) is 0 Å². The van der Waals surface area contributed by atoms with Crippen LogP contribution >= 0.6 is 15.9 Å². The summed E-state index contributed by atoms with van der Waals surface area (Å²) in [5.74, 6) is 1.54. The molecule has 2 N–H and O–H groups in total. The number of halogens is 1. The molecule has 0 radical (unpaired) electrons. The van der Waals surface area contributed by atoms with Crippen molar-refractivity contribution < 1.29 is 14.4 Å². The Morgan fingerprint density at radius 2 is 2.24 bits per heavy atom. The van der Waals surface area contributed by atoms with Gasteiger partial charge in [-0.3, -0.25) is 0 Å². The molecule has 0 spiro atoms. The van der Waals surface area contributed by atoms with Crippen LogP contribution in [0.4, 0.5) is 0 Å². The highest BCUT2D eigenvalue weighted by Crippen LogP contribution is 2.17. The number of hydrogen-bond acceptors (Lipinski definition) is 5. The fraction of sp³-hybridized carbons (Fsp3) is 0.400. The first-order valence-corrected chi connectivity index (χ1v) is 7.54. The van der Waals surface area contributed by atoms with E-state index < -0.39 is 6.10 Å². The van der Waals surface area contributed by atoms with Crippen molar-refractivity contribution in [2.24, 2.45) is 0 Å². The van der Waals surface area contributed by atoms with Gasteiger partial charge in [0.15, 0.2) is 0 Å². The van der Waals surface area contributed by atoms with Crippen LogP contribution in [0.1, 0.15) is 17.0 Å². The number of nitrogens with one attached hydrogen (secondary N) is 1. The largest absolute Gasteiger partial charge is 0.491 e. The van der Waals surface area contributed by atoms with Crippen molar-refractivity contribution in [2.75, 3.05) is 13.2 Å². The number of nitrogens with zero attached hydrogens (tertiary/aromatic N) is 1. The van der Waals surface area contributed by atoms with Crippen LogP contribution in [0.2, 0.25) is 0 Å². The number of hydrogen-bond donors (Lipinski definition) is 2. The molecule has 0 aliphatic heterocycles. The lowest BCUT2D eigenvalue weighted by Gasteiger charge is -2.13. The number of ether oxygens (including phenoxy) is 1. The van der Waals surface area contributed by atoms with Crippen molar-refractivity contribution in [3.05, 3.63) is 45.8 Å². The Bertz CT molecular complexity index is 567. The Morgan fingerprint density at radius 3 is 2.90 bits per heavy atom. The summed E-state index contributed by atoms with van der Waals surface area (Å²) in [5, 5.41) is 17.0. The van der Waals surface area contributed by atoms with E-state index in [2.05, 4.69) is 26.4 Å². The number of benzene rings is 1. The molecule has 2 rings (SSSR count). The lowest BCUT2D eigenvalue weighted by atomic mass is 10.2. The standard InChI is InChI=1S/C15H19BrN2O3/c1-10-15(11(2)21-18-10)8-17-7-13(19)9-20-14-5-3-4-12(16)6-14/h3-6,13,17,19H,7-9H2,1-2H3. The Labute approximate surface area is 132 Å². The topological polar surface area (TPSA) is 67.5 Å². The van der Waals surface area contributed by atoms with Crippen LogP contribution in [0, 0.1) is 13.8 Å². The molecule has 0 amide bonds. The summed E-state index contributed by atoms with van der Waals surface area (Å²) in [6, 6.07) is 7.54. The van der Waals surface area contributed by atoms with Crippen LogP contribution in [0.3, 0.4) is 0 Å². The Balaban J connectivity index is 1.71. The second-order valence-corrected chi connectivity index (χ2v) is 5.77. The van der Waals surface area contributed by atoms with E-state index in [-0.39, 0.29) is 6.61 Å². The summed E-state index contributed by atoms with van der Waals surface area (Å²) >= 11 is 3.38. The second kappa shape index (κ2) is 7.59. The van der Waals surface area contributed by atoms with Crippen LogP contribution in [-0.4, -0.2) is 29.5 Å². The molecule has 1 heterocycles. The molecule has 2 aromatic rings. The molecule has 0 aliphatic carbocycles. The molecule has 5 nitrogen and oxygen atoms in total. The van der Waals surface area contributed by atoms with Crippen LogP contribution in [0.15, 0.2) is 33.3 Å². The molecule has 6 heteroatoms. The van der Waals surface area contributed by atoms with E-state index in [1.807, 2.05) is 38.1 Å². The maximum atomic E-state index is 9.91. The maximum absolute atomic E-state index is 9.91. The third-order valence-electron chi connectivity index (χ3n) is 3.10. The van der Waals surface area contributed by atoms with Gasteiger partial charge in [0.1, 0.15) is 24.2 Å². The van der Waals surface area contributed by atoms with E-state index in [4.69, 9.17) is 9.26 Å². The predicted molar refractivity (Wildman–Crippen MR) is 83.3 cm³/mol. The number of rotatable bonds is 7. The fourth-order valence-electron chi connectivity index (χ4n) is 1.93. The van der Waals surface area contributed by atoms with E-state index in [9.17, 15) is 5.11 Å². The molecule has 21 heavy (non-hydrogen) atoms. The third-order valence-corrected chi connectivity index (χ3v) is 3.59. The molecular weight excluding hydrogens is 336 g/mol. The number of aromatic nitrogens is 1. The molecule has 114 valence electrons. The minimum absolute atomic E-state index is 0.241. The van der Waals surface area contributed by atoms with Gasteiger partial charge in [-0.1, -0.05) is 27.2 Å². The molecule has 0 bridgehead atoms. The van der Waals surface area contributed by atoms with Gasteiger partial charge in [-0.25, -0.2) is 0 Å². The van der Waals surface area contributed by atoms with E-state index in [0.717, 1.165) is 27.2 Å². The summed E-state index contributed by atoms with van der Waals surface area (Å²) in [6.45, 7) is 5.09. The molecule has 0 aliphatic rings. The summed E-state index contributed by atoms with van der Waals surface area (Å²) in [4.78, 5) is 0. The zero-order valence-corrected chi connectivity index (χ0v) is 13.7. The number of aryl methyl sites for hydroxylation is 2. The normalized spacial score (nSPS) is 12.4. The zero-order chi connectivity index (χ0) is 15.2. The molecular formula is C15H19BrN2O3. The van der Waals surface area contributed by atoms with E-state index in [1.165, 1.54) is 0 Å². The van der Waals surface area contributed by atoms with E-state index in [1.54, 1.807) is 0 Å². The van der Waals surface area contributed by atoms with Crippen molar-refractivity contribution in [1.82, 2.24) is 10.5 Å². The SMILES string of the molecule is Cc1noc(C)c1CNCC(O)COc1cccc(Br)c1. The smallest absolute Gasteiger partial charge is 0.138 e. The lowest BCUT2D eigenvalue weighted by molar-refractivity contribution is 0.106. The molecule has 1 unspecified atom stereocenters. The van der Waals surface area contributed by atoms with Gasteiger partial charge in [0, 0.05) is 23.1 Å². The average molecular weight is 355 g/mol. The van der Waals surface area contributed by atoms with Gasteiger partial charge >= 0.3 is 0 Å². The maximum Gasteiger partial charge on any atom is 0.138 e. The van der Waals surface area contributed by atoms with Crippen molar-refractivity contribution in [3.8, 4) is 5.75 Å². The van der Waals surface area contributed by atoms with Gasteiger partial charge in [0.25, 0.3) is 0 Å². The molecule has 0 saturated carbocycles. The van der Waals surface area contributed by atoms with Gasteiger partial charge < -0.3 is 19.7 Å². The number of aliphatic hydroxyl groups is 1. The first-order valence-electron chi connectivity index (χ1n) is 6.75. The van der Waals surface area contributed by atoms with Crippen LogP contribution < -0.4 is 10.1 Å². The number of aliphatic hydroxyl groups excluding tert-OH is 1. The van der Waals surface area contributed by atoms with Crippen molar-refractivity contribution in [2.45, 2.75) is 26.5 Å². The first kappa shape index (κ1) is 16.0. The summed E-state index contributed by atoms with van der Waals surface area (Å²) < 4.78 is 11.6. The van der Waals surface area contributed by atoms with Crippen LogP contribution in [-0.2, 0) is 6.54 Å². The van der Waals surface area contributed by atoms with Gasteiger partial charge in [0.2, 0.25) is 0 Å². The first-order chi connectivity index (χ1) is 10.1. The Morgan fingerprint density at radius 1 is 1.43 bits per heavy atom. The third kappa shape index (κ3) is 4.84. The van der Waals surface area contributed by atoms with Crippen LogP contribution in [0.5, 0.6) is 5.75 Å². The van der Waals surface area contributed by atoms with Gasteiger partial charge in [-0.2, -0.15) is 0 Å². The summed E-state index contributed by atoms with van der Waals surface area (Å²) in [6.07, 6.45) is -0.579. The predicted octanol–water partition coefficient (Wildman–Crippen LogP) is 2.58.